The Morgan fingerprint density at radius 2 is 2.00 bits per heavy atom. The smallest absolute Gasteiger partial charge is 0.243 e. The molecule has 1 aromatic heterocycles. The van der Waals surface area contributed by atoms with Crippen LogP contribution >= 0.6 is 0 Å². The lowest BCUT2D eigenvalue weighted by molar-refractivity contribution is 0.177. The van der Waals surface area contributed by atoms with Crippen molar-refractivity contribution in [2.45, 2.75) is 38.3 Å². The Balaban J connectivity index is 2.31. The molecular weight excluding hydrogens is 352 g/mol. The van der Waals surface area contributed by atoms with Gasteiger partial charge in [-0.3, -0.25) is 4.98 Å². The second kappa shape index (κ2) is 9.12. The van der Waals surface area contributed by atoms with E-state index < -0.39 is 10.0 Å². The summed E-state index contributed by atoms with van der Waals surface area (Å²) >= 11 is 0. The van der Waals surface area contributed by atoms with Gasteiger partial charge in [0.1, 0.15) is 5.75 Å². The molecule has 0 N–H and O–H groups in total. The summed E-state index contributed by atoms with van der Waals surface area (Å²) in [6.07, 6.45) is 3.36. The quantitative estimate of drug-likeness (QED) is 0.671. The molecule has 26 heavy (non-hydrogen) atoms. The van der Waals surface area contributed by atoms with Gasteiger partial charge in [-0.05, 0) is 56.2 Å². The Kier molecular flexibility index (Phi) is 7.14. The molecule has 142 valence electrons. The van der Waals surface area contributed by atoms with Crippen LogP contribution in [-0.4, -0.2) is 44.1 Å². The minimum Gasteiger partial charge on any atom is -0.491 e. The van der Waals surface area contributed by atoms with E-state index in [2.05, 4.69) is 4.98 Å². The highest BCUT2D eigenvalue weighted by molar-refractivity contribution is 7.89. The maximum atomic E-state index is 13.1. The third-order valence-corrected chi connectivity index (χ3v) is 5.61. The monoisotopic (exact) mass is 378 g/mol. The first-order valence-electron chi connectivity index (χ1n) is 8.50. The van der Waals surface area contributed by atoms with Crippen LogP contribution < -0.4 is 4.74 Å². The van der Waals surface area contributed by atoms with E-state index in [0.29, 0.717) is 12.4 Å². The lowest BCUT2D eigenvalue weighted by Gasteiger charge is -2.22. The normalized spacial score (nSPS) is 11.9. The molecule has 2 rings (SSSR count). The fraction of sp³-hybridized carbons (Fsp3) is 0.421. The van der Waals surface area contributed by atoms with Gasteiger partial charge in [-0.25, -0.2) is 8.42 Å². The van der Waals surface area contributed by atoms with Crippen LogP contribution in [0.2, 0.25) is 0 Å². The SMILES string of the molecule is COCCN(Cc1cccnc1)S(=O)(=O)c1ccc(OC(C)C)c(C)c1. The van der Waals surface area contributed by atoms with E-state index in [-0.39, 0.29) is 24.1 Å². The molecule has 1 heterocycles. The molecule has 0 saturated heterocycles. The number of ether oxygens (including phenoxy) is 2. The number of sulfonamides is 1. The van der Waals surface area contributed by atoms with Gasteiger partial charge >= 0.3 is 0 Å². The predicted octanol–water partition coefficient (Wildman–Crippen LogP) is 3.01. The summed E-state index contributed by atoms with van der Waals surface area (Å²) in [5, 5.41) is 0. The molecule has 1 aromatic carbocycles. The van der Waals surface area contributed by atoms with Gasteiger partial charge in [0.25, 0.3) is 0 Å². The fourth-order valence-corrected chi connectivity index (χ4v) is 3.99. The standard InChI is InChI=1S/C19H26N2O4S/c1-15(2)25-19-8-7-18(12-16(19)3)26(22,23)21(10-11-24-4)14-17-6-5-9-20-13-17/h5-9,12-13,15H,10-11,14H2,1-4H3. The van der Waals surface area contributed by atoms with Crippen LogP contribution in [0.3, 0.4) is 0 Å². The zero-order valence-electron chi connectivity index (χ0n) is 15.7. The second-order valence-corrected chi connectivity index (χ2v) is 8.22. The fourth-order valence-electron chi connectivity index (χ4n) is 2.49. The van der Waals surface area contributed by atoms with Crippen LogP contribution in [-0.2, 0) is 21.3 Å². The van der Waals surface area contributed by atoms with Crippen LogP contribution in [0.25, 0.3) is 0 Å². The summed E-state index contributed by atoms with van der Waals surface area (Å²) in [5.74, 6) is 0.689. The van der Waals surface area contributed by atoms with Gasteiger partial charge in [0.05, 0.1) is 17.6 Å². The number of hydrogen-bond donors (Lipinski definition) is 0. The van der Waals surface area contributed by atoms with Crippen molar-refractivity contribution in [3.63, 3.8) is 0 Å². The first kappa shape index (κ1) is 20.4. The topological polar surface area (TPSA) is 68.7 Å². The molecule has 0 atom stereocenters. The number of benzene rings is 1. The Hall–Kier alpha value is -1.96. The summed E-state index contributed by atoms with van der Waals surface area (Å²) in [5.41, 5.74) is 1.61. The lowest BCUT2D eigenvalue weighted by Crippen LogP contribution is -2.33. The Morgan fingerprint density at radius 3 is 2.58 bits per heavy atom. The molecule has 0 aliphatic heterocycles. The van der Waals surface area contributed by atoms with E-state index in [9.17, 15) is 8.42 Å². The van der Waals surface area contributed by atoms with Crippen molar-refractivity contribution >= 4 is 10.0 Å². The van der Waals surface area contributed by atoms with Gasteiger partial charge in [0.15, 0.2) is 0 Å². The van der Waals surface area contributed by atoms with Crippen molar-refractivity contribution in [2.24, 2.45) is 0 Å². The number of methoxy groups -OCH3 is 1. The molecule has 0 unspecified atom stereocenters. The number of aryl methyl sites for hydroxylation is 1. The van der Waals surface area contributed by atoms with Crippen LogP contribution in [0.4, 0.5) is 0 Å². The Morgan fingerprint density at radius 1 is 1.23 bits per heavy atom. The highest BCUT2D eigenvalue weighted by Crippen LogP contribution is 2.25. The summed E-state index contributed by atoms with van der Waals surface area (Å²) in [6, 6.07) is 8.59. The van der Waals surface area contributed by atoms with Gasteiger partial charge in [-0.15, -0.1) is 0 Å². The van der Waals surface area contributed by atoms with Crippen molar-refractivity contribution < 1.29 is 17.9 Å². The van der Waals surface area contributed by atoms with E-state index in [1.54, 1.807) is 43.8 Å². The number of pyridine rings is 1. The van der Waals surface area contributed by atoms with E-state index in [0.717, 1.165) is 11.1 Å². The van der Waals surface area contributed by atoms with Crippen molar-refractivity contribution in [1.82, 2.24) is 9.29 Å². The van der Waals surface area contributed by atoms with Crippen molar-refractivity contribution in [3.05, 3.63) is 53.9 Å². The van der Waals surface area contributed by atoms with E-state index in [1.165, 1.54) is 4.31 Å². The maximum Gasteiger partial charge on any atom is 0.243 e. The highest BCUT2D eigenvalue weighted by atomic mass is 32.2. The van der Waals surface area contributed by atoms with Gasteiger partial charge in [0, 0.05) is 32.6 Å². The van der Waals surface area contributed by atoms with Crippen LogP contribution in [0.1, 0.15) is 25.0 Å². The largest absolute Gasteiger partial charge is 0.491 e. The average molecular weight is 378 g/mol. The molecule has 2 aromatic rings. The molecule has 0 fully saturated rings. The average Bonchev–Trinajstić information content (AvgIpc) is 2.60. The first-order valence-corrected chi connectivity index (χ1v) is 9.94. The predicted molar refractivity (Wildman–Crippen MR) is 101 cm³/mol. The van der Waals surface area contributed by atoms with E-state index >= 15 is 0 Å². The lowest BCUT2D eigenvalue weighted by atomic mass is 10.2. The summed E-state index contributed by atoms with van der Waals surface area (Å²) < 4.78 is 38.5. The molecule has 0 radical (unpaired) electrons. The minimum atomic E-state index is -3.67. The zero-order valence-corrected chi connectivity index (χ0v) is 16.5. The van der Waals surface area contributed by atoms with Gasteiger partial charge in [0.2, 0.25) is 10.0 Å². The molecule has 0 bridgehead atoms. The Labute approximate surface area is 155 Å². The molecule has 0 aliphatic rings. The maximum absolute atomic E-state index is 13.1. The van der Waals surface area contributed by atoms with Crippen LogP contribution in [0.5, 0.6) is 5.75 Å². The number of rotatable bonds is 9. The molecular formula is C19H26N2O4S. The Bertz CT molecular complexity index is 808. The van der Waals surface area contributed by atoms with E-state index in [4.69, 9.17) is 9.47 Å². The number of nitrogens with zero attached hydrogens (tertiary/aromatic N) is 2. The van der Waals surface area contributed by atoms with Crippen LogP contribution in [0.15, 0.2) is 47.6 Å². The molecule has 7 heteroatoms. The van der Waals surface area contributed by atoms with Crippen molar-refractivity contribution in [3.8, 4) is 5.75 Å². The van der Waals surface area contributed by atoms with Gasteiger partial charge in [-0.1, -0.05) is 6.07 Å². The molecule has 0 spiro atoms. The van der Waals surface area contributed by atoms with E-state index in [1.807, 2.05) is 26.8 Å². The third-order valence-electron chi connectivity index (χ3n) is 3.77. The highest BCUT2D eigenvalue weighted by Gasteiger charge is 2.25. The summed E-state index contributed by atoms with van der Waals surface area (Å²) in [6.45, 7) is 6.53. The number of aromatic nitrogens is 1. The number of hydrogen-bond acceptors (Lipinski definition) is 5. The zero-order chi connectivity index (χ0) is 19.2. The molecule has 0 aliphatic carbocycles. The summed E-state index contributed by atoms with van der Waals surface area (Å²) in [7, 11) is -2.12. The third kappa shape index (κ3) is 5.27. The molecule has 0 saturated carbocycles. The van der Waals surface area contributed by atoms with Crippen molar-refractivity contribution in [2.75, 3.05) is 20.3 Å². The molecule has 6 nitrogen and oxygen atoms in total. The molecule has 0 amide bonds. The first-order chi connectivity index (χ1) is 12.3. The van der Waals surface area contributed by atoms with Crippen LogP contribution in [0, 0.1) is 6.92 Å². The van der Waals surface area contributed by atoms with Crippen molar-refractivity contribution in [1.29, 1.82) is 0 Å². The van der Waals surface area contributed by atoms with Gasteiger partial charge < -0.3 is 9.47 Å². The summed E-state index contributed by atoms with van der Waals surface area (Å²) in [4.78, 5) is 4.30. The second-order valence-electron chi connectivity index (χ2n) is 6.29. The van der Waals surface area contributed by atoms with Gasteiger partial charge in [-0.2, -0.15) is 4.31 Å². The minimum absolute atomic E-state index is 0.0277.